The molecule has 3 heteroatoms. The highest BCUT2D eigenvalue weighted by atomic mass is 16.5. The highest BCUT2D eigenvalue weighted by Crippen LogP contribution is 2.17. The molecular weight excluding hydrogens is 176 g/mol. The second kappa shape index (κ2) is 5.81. The van der Waals surface area contributed by atoms with Crippen LogP contribution in [0.15, 0.2) is 10.6 Å². The van der Waals surface area contributed by atoms with Gasteiger partial charge in [-0.15, -0.1) is 0 Å². The van der Waals surface area contributed by atoms with E-state index in [9.17, 15) is 0 Å². The first-order valence-electron chi connectivity index (χ1n) is 5.49. The first-order valence-corrected chi connectivity index (χ1v) is 5.49. The number of aryl methyl sites for hydroxylation is 1. The van der Waals surface area contributed by atoms with Crippen LogP contribution >= 0.6 is 0 Å². The highest BCUT2D eigenvalue weighted by Gasteiger charge is 2.11. The molecule has 0 spiro atoms. The maximum absolute atomic E-state index is 5.91. The molecule has 1 atom stereocenters. The summed E-state index contributed by atoms with van der Waals surface area (Å²) >= 11 is 0. The maximum Gasteiger partial charge on any atom is 0.153 e. The van der Waals surface area contributed by atoms with Gasteiger partial charge in [0.2, 0.25) is 0 Å². The Morgan fingerprint density at radius 3 is 2.86 bits per heavy atom. The summed E-state index contributed by atoms with van der Waals surface area (Å²) in [5, 5.41) is 4.00. The zero-order chi connectivity index (χ0) is 10.4. The summed E-state index contributed by atoms with van der Waals surface area (Å²) in [7, 11) is 0. The normalized spacial score (nSPS) is 13.1. The van der Waals surface area contributed by atoms with Gasteiger partial charge in [-0.1, -0.05) is 31.8 Å². The molecule has 0 aliphatic carbocycles. The molecule has 0 saturated carbocycles. The molecule has 1 rings (SSSR count). The maximum atomic E-state index is 5.91. The van der Waals surface area contributed by atoms with Crippen molar-refractivity contribution in [3.8, 4) is 0 Å². The smallest absolute Gasteiger partial charge is 0.153 e. The van der Waals surface area contributed by atoms with E-state index < -0.39 is 0 Å². The first kappa shape index (κ1) is 11.2. The van der Waals surface area contributed by atoms with Crippen molar-refractivity contribution in [3.63, 3.8) is 0 Å². The van der Waals surface area contributed by atoms with E-state index in [2.05, 4.69) is 19.0 Å². The van der Waals surface area contributed by atoms with Crippen LogP contribution in [-0.4, -0.2) is 5.16 Å². The van der Waals surface area contributed by atoms with Crippen molar-refractivity contribution in [2.45, 2.75) is 52.0 Å². The molecule has 0 aliphatic rings. The number of aromatic nitrogens is 1. The number of rotatable bonds is 6. The average Bonchev–Trinajstić information content (AvgIpc) is 2.63. The quantitative estimate of drug-likeness (QED) is 0.761. The van der Waals surface area contributed by atoms with Gasteiger partial charge in [0.1, 0.15) is 0 Å². The second-order valence-corrected chi connectivity index (χ2v) is 3.72. The lowest BCUT2D eigenvalue weighted by atomic mass is 10.1. The molecule has 80 valence electrons. The molecule has 0 bridgehead atoms. The van der Waals surface area contributed by atoms with Crippen LogP contribution in [0.1, 0.15) is 57.0 Å². The summed E-state index contributed by atoms with van der Waals surface area (Å²) in [6, 6.07) is 2.01. The van der Waals surface area contributed by atoms with Gasteiger partial charge in [0, 0.05) is 6.07 Å². The zero-order valence-electron chi connectivity index (χ0n) is 9.12. The molecule has 1 aromatic heterocycles. The Bertz CT molecular complexity index is 258. The van der Waals surface area contributed by atoms with E-state index in [0.717, 1.165) is 37.1 Å². The number of hydrogen-bond acceptors (Lipinski definition) is 3. The Labute approximate surface area is 85.7 Å². The van der Waals surface area contributed by atoms with Crippen LogP contribution in [0.4, 0.5) is 0 Å². The van der Waals surface area contributed by atoms with Crippen molar-refractivity contribution in [2.24, 2.45) is 5.73 Å². The first-order chi connectivity index (χ1) is 6.77. The van der Waals surface area contributed by atoms with Crippen molar-refractivity contribution in [2.75, 3.05) is 0 Å². The number of nitrogens with two attached hydrogens (primary N) is 1. The number of nitrogens with zero attached hydrogens (tertiary/aromatic N) is 1. The fourth-order valence-corrected chi connectivity index (χ4v) is 1.43. The van der Waals surface area contributed by atoms with Crippen molar-refractivity contribution in [3.05, 3.63) is 17.5 Å². The minimum atomic E-state index is 0.0166. The van der Waals surface area contributed by atoms with Gasteiger partial charge in [0.15, 0.2) is 5.76 Å². The van der Waals surface area contributed by atoms with Crippen LogP contribution in [0.3, 0.4) is 0 Å². The fourth-order valence-electron chi connectivity index (χ4n) is 1.43. The van der Waals surface area contributed by atoms with Crippen LogP contribution < -0.4 is 5.73 Å². The molecule has 0 aliphatic heterocycles. The molecule has 0 fully saturated rings. The monoisotopic (exact) mass is 196 g/mol. The van der Waals surface area contributed by atoms with E-state index in [1.54, 1.807) is 0 Å². The fraction of sp³-hybridized carbons (Fsp3) is 0.727. The lowest BCUT2D eigenvalue weighted by Gasteiger charge is -2.03. The summed E-state index contributed by atoms with van der Waals surface area (Å²) in [6.07, 6.45) is 5.38. The molecule has 0 radical (unpaired) electrons. The van der Waals surface area contributed by atoms with Gasteiger partial charge in [-0.05, 0) is 19.3 Å². The van der Waals surface area contributed by atoms with E-state index in [1.165, 1.54) is 6.42 Å². The summed E-state index contributed by atoms with van der Waals surface area (Å²) in [6.45, 7) is 4.29. The van der Waals surface area contributed by atoms with Crippen LogP contribution in [0.2, 0.25) is 0 Å². The van der Waals surface area contributed by atoms with E-state index in [4.69, 9.17) is 10.3 Å². The van der Waals surface area contributed by atoms with Gasteiger partial charge in [0.25, 0.3) is 0 Å². The SMILES string of the molecule is CCCCc1cc(C(N)CCC)on1. The van der Waals surface area contributed by atoms with Gasteiger partial charge in [-0.25, -0.2) is 0 Å². The summed E-state index contributed by atoms with van der Waals surface area (Å²) in [5.74, 6) is 0.831. The summed E-state index contributed by atoms with van der Waals surface area (Å²) < 4.78 is 5.20. The Hall–Kier alpha value is -0.830. The predicted octanol–water partition coefficient (Wildman–Crippen LogP) is 2.82. The minimum Gasteiger partial charge on any atom is -0.359 e. The van der Waals surface area contributed by atoms with E-state index in [1.807, 2.05) is 6.07 Å². The van der Waals surface area contributed by atoms with Gasteiger partial charge in [-0.3, -0.25) is 0 Å². The average molecular weight is 196 g/mol. The van der Waals surface area contributed by atoms with Crippen molar-refractivity contribution < 1.29 is 4.52 Å². The summed E-state index contributed by atoms with van der Waals surface area (Å²) in [4.78, 5) is 0. The second-order valence-electron chi connectivity index (χ2n) is 3.72. The van der Waals surface area contributed by atoms with Crippen LogP contribution in [0, 0.1) is 0 Å². The Morgan fingerprint density at radius 1 is 1.43 bits per heavy atom. The molecule has 0 saturated heterocycles. The van der Waals surface area contributed by atoms with E-state index in [0.29, 0.717) is 0 Å². The zero-order valence-corrected chi connectivity index (χ0v) is 9.12. The van der Waals surface area contributed by atoms with Crippen LogP contribution in [0.25, 0.3) is 0 Å². The van der Waals surface area contributed by atoms with Crippen molar-refractivity contribution in [1.29, 1.82) is 0 Å². The minimum absolute atomic E-state index is 0.0166. The third-order valence-electron chi connectivity index (χ3n) is 2.33. The summed E-state index contributed by atoms with van der Waals surface area (Å²) in [5.41, 5.74) is 6.95. The van der Waals surface area contributed by atoms with Crippen LogP contribution in [0.5, 0.6) is 0 Å². The molecule has 1 heterocycles. The van der Waals surface area contributed by atoms with Gasteiger partial charge < -0.3 is 10.3 Å². The van der Waals surface area contributed by atoms with Crippen LogP contribution in [-0.2, 0) is 6.42 Å². The van der Waals surface area contributed by atoms with Gasteiger partial charge >= 0.3 is 0 Å². The molecule has 0 amide bonds. The molecule has 3 nitrogen and oxygen atoms in total. The molecular formula is C11H20N2O. The Balaban J connectivity index is 2.49. The highest BCUT2D eigenvalue weighted by molar-refractivity contribution is 5.08. The third kappa shape index (κ3) is 3.14. The Kier molecular flexibility index (Phi) is 4.66. The molecule has 2 N–H and O–H groups in total. The Morgan fingerprint density at radius 2 is 2.21 bits per heavy atom. The number of hydrogen-bond donors (Lipinski definition) is 1. The van der Waals surface area contributed by atoms with Crippen molar-refractivity contribution >= 4 is 0 Å². The molecule has 1 unspecified atom stereocenters. The van der Waals surface area contributed by atoms with E-state index >= 15 is 0 Å². The topological polar surface area (TPSA) is 52.0 Å². The molecule has 0 aromatic carbocycles. The van der Waals surface area contributed by atoms with E-state index in [-0.39, 0.29) is 6.04 Å². The number of unbranched alkanes of at least 4 members (excludes halogenated alkanes) is 1. The molecule has 14 heavy (non-hydrogen) atoms. The standard InChI is InChI=1S/C11H20N2O/c1-3-5-7-9-8-11(14-13-9)10(12)6-4-2/h8,10H,3-7,12H2,1-2H3. The molecule has 1 aromatic rings. The predicted molar refractivity (Wildman–Crippen MR) is 57.0 cm³/mol. The largest absolute Gasteiger partial charge is 0.359 e. The van der Waals surface area contributed by atoms with Gasteiger partial charge in [-0.2, -0.15) is 0 Å². The lowest BCUT2D eigenvalue weighted by Crippen LogP contribution is -2.08. The van der Waals surface area contributed by atoms with Gasteiger partial charge in [0.05, 0.1) is 11.7 Å². The van der Waals surface area contributed by atoms with Crippen molar-refractivity contribution in [1.82, 2.24) is 5.16 Å². The lowest BCUT2D eigenvalue weighted by molar-refractivity contribution is 0.350. The third-order valence-corrected chi connectivity index (χ3v) is 2.33.